The first-order valence-electron chi connectivity index (χ1n) is 8.46. The van der Waals surface area contributed by atoms with Crippen molar-refractivity contribution in [1.82, 2.24) is 0 Å². The van der Waals surface area contributed by atoms with Crippen LogP contribution in [0.4, 0.5) is 0 Å². The summed E-state index contributed by atoms with van der Waals surface area (Å²) in [5.41, 5.74) is 0.852. The summed E-state index contributed by atoms with van der Waals surface area (Å²) in [6.07, 6.45) is 0.616. The first-order chi connectivity index (χ1) is 11.3. The Morgan fingerprint density at radius 1 is 0.917 bits per heavy atom. The Morgan fingerprint density at radius 3 is 1.83 bits per heavy atom. The standard InChI is InChI=1S/C19H28O5/c1-6-11-22-16-9-7-15(8-10-16)12-17(18(20)23-13(2)3)19(21)24-14(4)5/h7-10,13-14,17H,6,11-12H2,1-5H3. The lowest BCUT2D eigenvalue weighted by Crippen LogP contribution is -2.32. The zero-order chi connectivity index (χ0) is 18.1. The van der Waals surface area contributed by atoms with Crippen molar-refractivity contribution in [3.05, 3.63) is 29.8 Å². The molecule has 134 valence electrons. The van der Waals surface area contributed by atoms with Crippen LogP contribution in [-0.4, -0.2) is 30.8 Å². The molecule has 0 atom stereocenters. The van der Waals surface area contributed by atoms with Crippen LogP contribution in [-0.2, 0) is 25.5 Å². The fraction of sp³-hybridized carbons (Fsp3) is 0.579. The molecule has 1 aromatic carbocycles. The molecule has 0 unspecified atom stereocenters. The highest BCUT2D eigenvalue weighted by atomic mass is 16.6. The molecule has 0 fully saturated rings. The lowest BCUT2D eigenvalue weighted by atomic mass is 9.99. The van der Waals surface area contributed by atoms with E-state index in [0.717, 1.165) is 17.7 Å². The van der Waals surface area contributed by atoms with E-state index in [2.05, 4.69) is 0 Å². The summed E-state index contributed by atoms with van der Waals surface area (Å²) in [6, 6.07) is 7.37. The van der Waals surface area contributed by atoms with Gasteiger partial charge in [-0.15, -0.1) is 0 Å². The van der Waals surface area contributed by atoms with Crippen LogP contribution in [0.3, 0.4) is 0 Å². The van der Waals surface area contributed by atoms with E-state index in [4.69, 9.17) is 14.2 Å². The van der Waals surface area contributed by atoms with Gasteiger partial charge in [0.05, 0.1) is 18.8 Å². The second-order valence-electron chi connectivity index (χ2n) is 6.22. The third-order valence-corrected chi connectivity index (χ3v) is 3.11. The van der Waals surface area contributed by atoms with E-state index in [1.807, 2.05) is 31.2 Å². The Hall–Kier alpha value is -2.04. The number of carbonyl (C=O) groups excluding carboxylic acids is 2. The second kappa shape index (κ2) is 9.96. The van der Waals surface area contributed by atoms with E-state index in [1.54, 1.807) is 27.7 Å². The van der Waals surface area contributed by atoms with Crippen molar-refractivity contribution in [2.45, 2.75) is 59.7 Å². The van der Waals surface area contributed by atoms with Crippen molar-refractivity contribution in [3.63, 3.8) is 0 Å². The molecule has 0 saturated carbocycles. The zero-order valence-electron chi connectivity index (χ0n) is 15.2. The van der Waals surface area contributed by atoms with Crippen molar-refractivity contribution in [1.29, 1.82) is 0 Å². The largest absolute Gasteiger partial charge is 0.494 e. The van der Waals surface area contributed by atoms with Crippen molar-refractivity contribution in [3.8, 4) is 5.75 Å². The number of carbonyl (C=O) groups is 2. The van der Waals surface area contributed by atoms with E-state index in [0.29, 0.717) is 6.61 Å². The fourth-order valence-electron chi connectivity index (χ4n) is 2.07. The molecular weight excluding hydrogens is 308 g/mol. The summed E-state index contributed by atoms with van der Waals surface area (Å²) in [7, 11) is 0. The van der Waals surface area contributed by atoms with Gasteiger partial charge in [0.1, 0.15) is 5.75 Å². The van der Waals surface area contributed by atoms with Crippen LogP contribution in [0.15, 0.2) is 24.3 Å². The molecule has 5 heteroatoms. The first-order valence-corrected chi connectivity index (χ1v) is 8.46. The molecule has 0 aliphatic rings. The van der Waals surface area contributed by atoms with Gasteiger partial charge in [-0.1, -0.05) is 19.1 Å². The maximum atomic E-state index is 12.2. The van der Waals surface area contributed by atoms with Crippen LogP contribution in [0.2, 0.25) is 0 Å². The van der Waals surface area contributed by atoms with Crippen molar-refractivity contribution >= 4 is 11.9 Å². The average molecular weight is 336 g/mol. The quantitative estimate of drug-likeness (QED) is 0.510. The predicted molar refractivity (Wildman–Crippen MR) is 91.9 cm³/mol. The minimum atomic E-state index is -0.961. The molecule has 0 aromatic heterocycles. The van der Waals surface area contributed by atoms with E-state index >= 15 is 0 Å². The van der Waals surface area contributed by atoms with Crippen LogP contribution >= 0.6 is 0 Å². The lowest BCUT2D eigenvalue weighted by Gasteiger charge is -2.18. The molecule has 0 aliphatic heterocycles. The number of benzene rings is 1. The molecule has 0 heterocycles. The Morgan fingerprint density at radius 2 is 1.42 bits per heavy atom. The topological polar surface area (TPSA) is 61.8 Å². The smallest absolute Gasteiger partial charge is 0.320 e. The Bertz CT molecular complexity index is 497. The lowest BCUT2D eigenvalue weighted by molar-refractivity contribution is -0.166. The Kier molecular flexibility index (Phi) is 8.30. The van der Waals surface area contributed by atoms with Crippen LogP contribution in [0, 0.1) is 5.92 Å². The number of esters is 2. The molecule has 1 aromatic rings. The van der Waals surface area contributed by atoms with Crippen LogP contribution < -0.4 is 4.74 Å². The summed E-state index contributed by atoms with van der Waals surface area (Å²) in [5, 5.41) is 0. The molecule has 0 saturated heterocycles. The number of rotatable bonds is 9. The minimum absolute atomic E-state index is 0.241. The van der Waals surface area contributed by atoms with Gasteiger partial charge < -0.3 is 14.2 Å². The molecule has 0 bridgehead atoms. The van der Waals surface area contributed by atoms with E-state index < -0.39 is 17.9 Å². The maximum Gasteiger partial charge on any atom is 0.320 e. The van der Waals surface area contributed by atoms with Crippen LogP contribution in [0.5, 0.6) is 5.75 Å². The van der Waals surface area contributed by atoms with Gasteiger partial charge in [0.25, 0.3) is 0 Å². The first kappa shape index (κ1) is 20.0. The van der Waals surface area contributed by atoms with Gasteiger partial charge in [0, 0.05) is 0 Å². The van der Waals surface area contributed by atoms with E-state index in [-0.39, 0.29) is 18.6 Å². The SMILES string of the molecule is CCCOc1ccc(CC(C(=O)OC(C)C)C(=O)OC(C)C)cc1. The summed E-state index contributed by atoms with van der Waals surface area (Å²) in [6.45, 7) is 9.71. The van der Waals surface area contributed by atoms with Gasteiger partial charge in [-0.25, -0.2) is 0 Å². The van der Waals surface area contributed by atoms with Crippen LogP contribution in [0.25, 0.3) is 0 Å². The highest BCUT2D eigenvalue weighted by molar-refractivity contribution is 5.95. The minimum Gasteiger partial charge on any atom is -0.494 e. The number of hydrogen-bond donors (Lipinski definition) is 0. The third-order valence-electron chi connectivity index (χ3n) is 3.11. The number of ether oxygens (including phenoxy) is 3. The molecule has 0 spiro atoms. The Balaban J connectivity index is 2.83. The molecule has 5 nitrogen and oxygen atoms in total. The average Bonchev–Trinajstić information content (AvgIpc) is 2.50. The van der Waals surface area contributed by atoms with Gasteiger partial charge in [-0.3, -0.25) is 9.59 Å². The predicted octanol–water partition coefficient (Wildman–Crippen LogP) is 3.54. The second-order valence-corrected chi connectivity index (χ2v) is 6.22. The molecule has 0 radical (unpaired) electrons. The van der Waals surface area contributed by atoms with Gasteiger partial charge >= 0.3 is 11.9 Å². The van der Waals surface area contributed by atoms with Crippen LogP contribution in [0.1, 0.15) is 46.6 Å². The Labute approximate surface area is 144 Å². The maximum absolute atomic E-state index is 12.2. The third kappa shape index (κ3) is 7.02. The molecule has 1 rings (SSSR count). The summed E-state index contributed by atoms with van der Waals surface area (Å²) < 4.78 is 15.9. The van der Waals surface area contributed by atoms with E-state index in [9.17, 15) is 9.59 Å². The summed E-state index contributed by atoms with van der Waals surface area (Å²) in [4.78, 5) is 24.5. The zero-order valence-corrected chi connectivity index (χ0v) is 15.2. The molecular formula is C19H28O5. The number of hydrogen-bond acceptors (Lipinski definition) is 5. The van der Waals surface area contributed by atoms with Gasteiger partial charge in [-0.05, 0) is 58.2 Å². The van der Waals surface area contributed by atoms with E-state index in [1.165, 1.54) is 0 Å². The molecule has 0 aliphatic carbocycles. The van der Waals surface area contributed by atoms with Gasteiger partial charge in [0.2, 0.25) is 0 Å². The fourth-order valence-corrected chi connectivity index (χ4v) is 2.07. The highest BCUT2D eigenvalue weighted by Crippen LogP contribution is 2.18. The van der Waals surface area contributed by atoms with Crippen molar-refractivity contribution in [2.24, 2.45) is 5.92 Å². The summed E-state index contributed by atoms with van der Waals surface area (Å²) >= 11 is 0. The molecule has 0 amide bonds. The monoisotopic (exact) mass is 336 g/mol. The van der Waals surface area contributed by atoms with Crippen molar-refractivity contribution < 1.29 is 23.8 Å². The summed E-state index contributed by atoms with van der Waals surface area (Å²) in [5.74, 6) is -1.30. The van der Waals surface area contributed by atoms with Gasteiger partial charge in [-0.2, -0.15) is 0 Å². The van der Waals surface area contributed by atoms with Crippen molar-refractivity contribution in [2.75, 3.05) is 6.61 Å². The highest BCUT2D eigenvalue weighted by Gasteiger charge is 2.31. The molecule has 0 N–H and O–H groups in total. The normalized spacial score (nSPS) is 11.0. The van der Waals surface area contributed by atoms with Gasteiger partial charge in [0.15, 0.2) is 5.92 Å². The molecule has 24 heavy (non-hydrogen) atoms.